The second-order valence-electron chi connectivity index (χ2n) is 5.31. The van der Waals surface area contributed by atoms with E-state index in [0.29, 0.717) is 41.4 Å². The third-order valence-corrected chi connectivity index (χ3v) is 4.07. The van der Waals surface area contributed by atoms with Gasteiger partial charge < -0.3 is 15.2 Å². The predicted octanol–water partition coefficient (Wildman–Crippen LogP) is 5.85. The average Bonchev–Trinajstić information content (AvgIpc) is 2.82. The molecule has 3 rings (SSSR count). The van der Waals surface area contributed by atoms with E-state index in [1.165, 1.54) is 13.1 Å². The molecule has 2 aliphatic rings. The number of para-hydroxylation sites is 1. The molecule has 0 atom stereocenters. The molecule has 0 saturated heterocycles. The zero-order valence-corrected chi connectivity index (χ0v) is 16.7. The van der Waals surface area contributed by atoms with Gasteiger partial charge in [0, 0.05) is 21.7 Å². The van der Waals surface area contributed by atoms with Crippen molar-refractivity contribution in [1.29, 1.82) is 0 Å². The van der Waals surface area contributed by atoms with Gasteiger partial charge >= 0.3 is 6.18 Å². The van der Waals surface area contributed by atoms with Crippen molar-refractivity contribution in [3.63, 3.8) is 0 Å². The molecule has 0 spiro atoms. The monoisotopic (exact) mass is 403 g/mol. The Morgan fingerprint density at radius 2 is 1.70 bits per heavy atom. The molecule has 0 unspecified atom stereocenters. The molecule has 2 N–H and O–H groups in total. The molecule has 1 aromatic carbocycles. The number of nitrogens with two attached hydrogens (primary N) is 1. The second-order valence-corrected chi connectivity index (χ2v) is 5.72. The highest BCUT2D eigenvalue weighted by Crippen LogP contribution is 2.44. The van der Waals surface area contributed by atoms with Crippen LogP contribution in [-0.4, -0.2) is 26.4 Å². The van der Waals surface area contributed by atoms with E-state index in [0.717, 1.165) is 6.08 Å². The van der Waals surface area contributed by atoms with Gasteiger partial charge in [-0.15, -0.1) is 0 Å². The highest BCUT2D eigenvalue weighted by molar-refractivity contribution is 6.37. The van der Waals surface area contributed by atoms with Gasteiger partial charge in [0.15, 0.2) is 11.5 Å². The van der Waals surface area contributed by atoms with Crippen LogP contribution in [0.1, 0.15) is 32.8 Å². The summed E-state index contributed by atoms with van der Waals surface area (Å²) in [5.41, 5.74) is 5.50. The third-order valence-electron chi connectivity index (χ3n) is 3.72. The van der Waals surface area contributed by atoms with Crippen LogP contribution in [0.25, 0.3) is 5.57 Å². The third kappa shape index (κ3) is 5.53. The average molecular weight is 404 g/mol. The fourth-order valence-corrected chi connectivity index (χ4v) is 3.02. The van der Waals surface area contributed by atoms with Gasteiger partial charge in [-0.25, -0.2) is 0 Å². The Morgan fingerprint density at radius 3 is 2.33 bits per heavy atom. The van der Waals surface area contributed by atoms with Crippen LogP contribution in [0, 0.1) is 0 Å². The summed E-state index contributed by atoms with van der Waals surface area (Å²) >= 11 is 6.28. The Morgan fingerprint density at radius 1 is 1.07 bits per heavy atom. The van der Waals surface area contributed by atoms with Gasteiger partial charge in [0.1, 0.15) is 13.2 Å². The first-order chi connectivity index (χ1) is 12.9. The Hall–Kier alpha value is -1.92. The molecule has 7 heteroatoms. The molecule has 3 nitrogen and oxygen atoms in total. The maximum Gasteiger partial charge on any atom is 0.413 e. The number of allylic oxidation sites excluding steroid dienone is 6. The van der Waals surface area contributed by atoms with E-state index in [2.05, 4.69) is 5.73 Å². The number of hydrogen-bond donors (Lipinski definition) is 1. The molecule has 1 aliphatic carbocycles. The number of fused-ring (bicyclic) bond motifs is 1. The van der Waals surface area contributed by atoms with Crippen molar-refractivity contribution in [2.24, 2.45) is 5.73 Å². The van der Waals surface area contributed by atoms with Crippen molar-refractivity contribution in [3.05, 3.63) is 52.1 Å². The molecule has 0 fully saturated rings. The van der Waals surface area contributed by atoms with Crippen molar-refractivity contribution in [2.75, 3.05) is 20.3 Å². The molecular weight excluding hydrogens is 379 g/mol. The van der Waals surface area contributed by atoms with Gasteiger partial charge in [-0.3, -0.25) is 0 Å². The summed E-state index contributed by atoms with van der Waals surface area (Å²) in [6, 6.07) is 5.31. The number of alkyl halides is 3. The van der Waals surface area contributed by atoms with Crippen LogP contribution < -0.4 is 15.2 Å². The van der Waals surface area contributed by atoms with E-state index in [4.69, 9.17) is 21.1 Å². The fourth-order valence-electron chi connectivity index (χ4n) is 2.69. The minimum atomic E-state index is -4.37. The van der Waals surface area contributed by atoms with Crippen LogP contribution in [0.5, 0.6) is 11.5 Å². The highest BCUT2D eigenvalue weighted by atomic mass is 35.5. The lowest BCUT2D eigenvalue weighted by Crippen LogP contribution is -2.16. The Balaban J connectivity index is 0.000000855. The van der Waals surface area contributed by atoms with Gasteiger partial charge in [0.2, 0.25) is 0 Å². The molecular formula is C20H25ClF3NO2. The SMILES string of the molecule is CC.CC1=C(c2cccc3c2OCCO3)C(Cl)=CCC(C(F)(F)F)=C1.CN. The zero-order chi connectivity index (χ0) is 20.6. The number of hydrogen-bond acceptors (Lipinski definition) is 3. The van der Waals surface area contributed by atoms with Crippen molar-refractivity contribution >= 4 is 17.2 Å². The number of halogens is 4. The minimum Gasteiger partial charge on any atom is -0.486 e. The molecule has 150 valence electrons. The zero-order valence-electron chi connectivity index (χ0n) is 15.9. The molecule has 1 aliphatic heterocycles. The predicted molar refractivity (Wildman–Crippen MR) is 104 cm³/mol. The topological polar surface area (TPSA) is 44.5 Å². The van der Waals surface area contributed by atoms with Crippen molar-refractivity contribution in [3.8, 4) is 11.5 Å². The fraction of sp³-hybridized carbons (Fsp3) is 0.400. The Bertz CT molecular complexity index is 737. The normalized spacial score (nSPS) is 16.0. The Kier molecular flexibility index (Phi) is 8.93. The molecule has 0 saturated carbocycles. The van der Waals surface area contributed by atoms with Gasteiger partial charge in [0.05, 0.1) is 0 Å². The molecule has 1 aromatic rings. The van der Waals surface area contributed by atoms with Gasteiger partial charge in [-0.1, -0.05) is 49.7 Å². The largest absolute Gasteiger partial charge is 0.486 e. The first-order valence-electron chi connectivity index (χ1n) is 8.69. The molecule has 0 bridgehead atoms. The van der Waals surface area contributed by atoms with Gasteiger partial charge in [-0.2, -0.15) is 13.2 Å². The number of benzene rings is 1. The number of rotatable bonds is 1. The quantitative estimate of drug-likeness (QED) is 0.639. The molecule has 0 radical (unpaired) electrons. The van der Waals surface area contributed by atoms with E-state index in [1.807, 2.05) is 13.8 Å². The van der Waals surface area contributed by atoms with Crippen LogP contribution in [0.3, 0.4) is 0 Å². The van der Waals surface area contributed by atoms with Crippen LogP contribution in [0.4, 0.5) is 13.2 Å². The highest BCUT2D eigenvalue weighted by Gasteiger charge is 2.34. The maximum absolute atomic E-state index is 13.0. The molecule has 27 heavy (non-hydrogen) atoms. The van der Waals surface area contributed by atoms with E-state index >= 15 is 0 Å². The summed E-state index contributed by atoms with van der Waals surface area (Å²) in [4.78, 5) is 0. The summed E-state index contributed by atoms with van der Waals surface area (Å²) in [6.07, 6.45) is -2.10. The second kappa shape index (κ2) is 10.4. The molecule has 0 amide bonds. The summed E-state index contributed by atoms with van der Waals surface area (Å²) in [5.74, 6) is 1.09. The summed E-state index contributed by atoms with van der Waals surface area (Å²) in [5, 5.41) is 0.278. The summed E-state index contributed by atoms with van der Waals surface area (Å²) in [6.45, 7) is 6.45. The van der Waals surface area contributed by atoms with E-state index in [1.54, 1.807) is 25.1 Å². The lowest BCUT2D eigenvalue weighted by Gasteiger charge is -2.22. The lowest BCUT2D eigenvalue weighted by molar-refractivity contribution is -0.0929. The van der Waals surface area contributed by atoms with Crippen LogP contribution in [-0.2, 0) is 0 Å². The first-order valence-corrected chi connectivity index (χ1v) is 9.07. The standard InChI is InChI=1S/C17H14ClF3O2.C2H6.CH5N/c1-10-9-11(17(19,20)21)5-6-13(18)15(10)12-3-2-4-14-16(12)23-8-7-22-14;2*1-2/h2-4,6,9H,5,7-8H2,1H3;1-2H3;2H2,1H3. The minimum absolute atomic E-state index is 0.254. The summed E-state index contributed by atoms with van der Waals surface area (Å²) < 4.78 is 50.2. The van der Waals surface area contributed by atoms with Gasteiger partial charge in [-0.05, 0) is 32.0 Å². The smallest absolute Gasteiger partial charge is 0.413 e. The summed E-state index contributed by atoms with van der Waals surface area (Å²) in [7, 11) is 1.50. The molecule has 0 aromatic heterocycles. The first kappa shape index (κ1) is 23.1. The maximum atomic E-state index is 13.0. The van der Waals surface area contributed by atoms with Gasteiger partial charge in [0.25, 0.3) is 0 Å². The Labute approximate surface area is 163 Å². The van der Waals surface area contributed by atoms with Crippen molar-refractivity contribution in [2.45, 2.75) is 33.4 Å². The van der Waals surface area contributed by atoms with E-state index in [9.17, 15) is 13.2 Å². The van der Waals surface area contributed by atoms with Crippen molar-refractivity contribution in [1.82, 2.24) is 0 Å². The van der Waals surface area contributed by atoms with E-state index in [-0.39, 0.29) is 11.5 Å². The van der Waals surface area contributed by atoms with Crippen molar-refractivity contribution < 1.29 is 22.6 Å². The van der Waals surface area contributed by atoms with Crippen LogP contribution >= 0.6 is 11.6 Å². The number of ether oxygens (including phenoxy) is 2. The molecule has 1 heterocycles. The van der Waals surface area contributed by atoms with Crippen LogP contribution in [0.15, 0.2) is 46.5 Å². The van der Waals surface area contributed by atoms with E-state index < -0.39 is 11.7 Å². The lowest BCUT2D eigenvalue weighted by atomic mass is 9.98. The van der Waals surface area contributed by atoms with Crippen LogP contribution in [0.2, 0.25) is 0 Å².